The highest BCUT2D eigenvalue weighted by Gasteiger charge is 2.32. The molecule has 2 heterocycles. The molecule has 2 aromatic heterocycles. The molecule has 0 radical (unpaired) electrons. The molecule has 0 unspecified atom stereocenters. The topological polar surface area (TPSA) is 112 Å². The van der Waals surface area contributed by atoms with Gasteiger partial charge in [-0.15, -0.1) is 11.3 Å². The van der Waals surface area contributed by atoms with Crippen molar-refractivity contribution in [3.8, 4) is 11.6 Å². The standard InChI is InChI=1S/C24H25F2N5O3S/c1-12-17(11-28-31(12)19-9-4-14(25)10-18(19)26)22(33)29-15-5-7-16(8-6-15)34-23-20(21(27)32)35-24(30-23)13-2-3-13/h4,9-11,13,15-16H,2-3,5-8H2,1H3,(H2,27,32)(H,29,33)/t15-,16-. The maximum absolute atomic E-state index is 14.2. The number of nitrogens with two attached hydrogens (primary N) is 1. The summed E-state index contributed by atoms with van der Waals surface area (Å²) in [4.78, 5) is 29.6. The van der Waals surface area contributed by atoms with Crippen molar-refractivity contribution in [2.45, 2.75) is 63.5 Å². The van der Waals surface area contributed by atoms with Gasteiger partial charge in [0.05, 0.1) is 17.5 Å². The molecule has 2 amide bonds. The number of halogens is 2. The zero-order valence-corrected chi connectivity index (χ0v) is 19.9. The van der Waals surface area contributed by atoms with Gasteiger partial charge in [0.1, 0.15) is 22.6 Å². The van der Waals surface area contributed by atoms with Crippen molar-refractivity contribution in [3.63, 3.8) is 0 Å². The van der Waals surface area contributed by atoms with E-state index in [4.69, 9.17) is 10.5 Å². The highest BCUT2D eigenvalue weighted by molar-refractivity contribution is 7.14. The first-order chi connectivity index (χ1) is 16.8. The summed E-state index contributed by atoms with van der Waals surface area (Å²) in [6.07, 6.45) is 6.20. The SMILES string of the molecule is Cc1c(C(=O)N[C@H]2CC[C@H](Oc3nc(C4CC4)sc3C(N)=O)CC2)cnn1-c1ccc(F)cc1F. The summed E-state index contributed by atoms with van der Waals surface area (Å²) in [6, 6.07) is 3.15. The molecular formula is C24H25F2N5O3S. The molecule has 2 fully saturated rings. The minimum absolute atomic E-state index is 0.0549. The monoisotopic (exact) mass is 501 g/mol. The molecule has 2 saturated carbocycles. The van der Waals surface area contributed by atoms with E-state index in [2.05, 4.69) is 15.4 Å². The van der Waals surface area contributed by atoms with Gasteiger partial charge in [-0.3, -0.25) is 9.59 Å². The maximum atomic E-state index is 14.2. The van der Waals surface area contributed by atoms with Gasteiger partial charge in [0.15, 0.2) is 10.7 Å². The molecule has 8 nitrogen and oxygen atoms in total. The van der Waals surface area contributed by atoms with Gasteiger partial charge in [-0.05, 0) is 57.6 Å². The number of amides is 2. The smallest absolute Gasteiger partial charge is 0.264 e. The Balaban J connectivity index is 1.19. The third-order valence-corrected chi connectivity index (χ3v) is 7.66. The fourth-order valence-corrected chi connectivity index (χ4v) is 5.36. The molecule has 0 bridgehead atoms. The van der Waals surface area contributed by atoms with Crippen LogP contribution in [0, 0.1) is 18.6 Å². The molecule has 0 spiro atoms. The second kappa shape index (κ2) is 9.37. The van der Waals surface area contributed by atoms with Gasteiger partial charge in [-0.1, -0.05) is 0 Å². The summed E-state index contributed by atoms with van der Waals surface area (Å²) in [5, 5.41) is 8.05. The molecule has 3 N–H and O–H groups in total. The van der Waals surface area contributed by atoms with Gasteiger partial charge in [0.2, 0.25) is 5.88 Å². The molecule has 1 aromatic carbocycles. The lowest BCUT2D eigenvalue weighted by Crippen LogP contribution is -2.40. The predicted octanol–water partition coefficient (Wildman–Crippen LogP) is 4.01. The molecule has 0 atom stereocenters. The second-order valence-corrected chi connectivity index (χ2v) is 10.1. The fourth-order valence-electron chi connectivity index (χ4n) is 4.34. The number of rotatable bonds is 7. The molecule has 184 valence electrons. The maximum Gasteiger partial charge on any atom is 0.264 e. The van der Waals surface area contributed by atoms with Crippen LogP contribution in [0.2, 0.25) is 0 Å². The molecule has 2 aliphatic rings. The molecule has 5 rings (SSSR count). The Hall–Kier alpha value is -3.34. The van der Waals surface area contributed by atoms with Gasteiger partial charge in [0, 0.05) is 18.0 Å². The van der Waals surface area contributed by atoms with Crippen molar-refractivity contribution in [2.24, 2.45) is 5.73 Å². The highest BCUT2D eigenvalue weighted by atomic mass is 32.1. The van der Waals surface area contributed by atoms with E-state index in [1.807, 2.05) is 0 Å². The van der Waals surface area contributed by atoms with Crippen molar-refractivity contribution >= 4 is 23.2 Å². The molecular weight excluding hydrogens is 476 g/mol. The highest BCUT2D eigenvalue weighted by Crippen LogP contribution is 2.44. The lowest BCUT2D eigenvalue weighted by Gasteiger charge is -2.29. The molecule has 0 saturated heterocycles. The number of benzene rings is 1. The normalized spacial score (nSPS) is 20.0. The summed E-state index contributed by atoms with van der Waals surface area (Å²) in [7, 11) is 0. The van der Waals surface area contributed by atoms with E-state index in [1.165, 1.54) is 28.3 Å². The lowest BCUT2D eigenvalue weighted by molar-refractivity contribution is 0.0882. The quantitative estimate of drug-likeness (QED) is 0.508. The molecule has 35 heavy (non-hydrogen) atoms. The second-order valence-electron chi connectivity index (χ2n) is 9.04. The first kappa shape index (κ1) is 23.4. The zero-order chi connectivity index (χ0) is 24.7. The lowest BCUT2D eigenvalue weighted by atomic mass is 9.92. The Morgan fingerprint density at radius 3 is 2.57 bits per heavy atom. The minimum atomic E-state index is -0.759. The van der Waals surface area contributed by atoms with Gasteiger partial charge in [0.25, 0.3) is 11.8 Å². The number of hydrogen-bond acceptors (Lipinski definition) is 6. The van der Waals surface area contributed by atoms with Crippen LogP contribution in [0.3, 0.4) is 0 Å². The van der Waals surface area contributed by atoms with Crippen LogP contribution >= 0.6 is 11.3 Å². The minimum Gasteiger partial charge on any atom is -0.473 e. The zero-order valence-electron chi connectivity index (χ0n) is 19.1. The molecule has 3 aromatic rings. The summed E-state index contributed by atoms with van der Waals surface area (Å²) < 4.78 is 34.7. The Bertz CT molecular complexity index is 1280. The van der Waals surface area contributed by atoms with Crippen LogP contribution < -0.4 is 15.8 Å². The molecule has 0 aliphatic heterocycles. The van der Waals surface area contributed by atoms with Crippen LogP contribution in [0.15, 0.2) is 24.4 Å². The van der Waals surface area contributed by atoms with Crippen molar-refractivity contribution in [2.75, 3.05) is 0 Å². The van der Waals surface area contributed by atoms with Crippen molar-refractivity contribution in [3.05, 3.63) is 57.2 Å². The van der Waals surface area contributed by atoms with E-state index in [0.717, 1.165) is 30.0 Å². The molecule has 11 heteroatoms. The van der Waals surface area contributed by atoms with Gasteiger partial charge in [-0.2, -0.15) is 5.10 Å². The average Bonchev–Trinajstić information content (AvgIpc) is 3.47. The Morgan fingerprint density at radius 2 is 1.91 bits per heavy atom. The van der Waals surface area contributed by atoms with E-state index in [0.29, 0.717) is 53.6 Å². The number of aromatic nitrogens is 3. The Morgan fingerprint density at radius 1 is 1.17 bits per heavy atom. The third-order valence-electron chi connectivity index (χ3n) is 6.44. The molecule has 2 aliphatic carbocycles. The van der Waals surface area contributed by atoms with Crippen molar-refractivity contribution in [1.29, 1.82) is 0 Å². The van der Waals surface area contributed by atoms with E-state index in [1.54, 1.807) is 6.92 Å². The summed E-state index contributed by atoms with van der Waals surface area (Å²) in [6.45, 7) is 1.66. The van der Waals surface area contributed by atoms with E-state index < -0.39 is 17.5 Å². The predicted molar refractivity (Wildman–Crippen MR) is 125 cm³/mol. The number of primary amides is 1. The number of carbonyl (C=O) groups excluding carboxylic acids is 2. The van der Waals surface area contributed by atoms with Crippen LogP contribution in [0.5, 0.6) is 5.88 Å². The third kappa shape index (κ3) is 4.90. The average molecular weight is 502 g/mol. The summed E-state index contributed by atoms with van der Waals surface area (Å²) >= 11 is 1.32. The number of hydrogen-bond donors (Lipinski definition) is 2. The summed E-state index contributed by atoms with van der Waals surface area (Å²) in [5.41, 5.74) is 6.37. The Kier molecular flexibility index (Phi) is 6.26. The van der Waals surface area contributed by atoms with Crippen LogP contribution in [-0.2, 0) is 0 Å². The van der Waals surface area contributed by atoms with Gasteiger partial charge in [-0.25, -0.2) is 18.4 Å². The van der Waals surface area contributed by atoms with Crippen LogP contribution in [0.4, 0.5) is 8.78 Å². The van der Waals surface area contributed by atoms with Gasteiger partial charge < -0.3 is 15.8 Å². The number of ether oxygens (including phenoxy) is 1. The van der Waals surface area contributed by atoms with Crippen molar-refractivity contribution in [1.82, 2.24) is 20.1 Å². The van der Waals surface area contributed by atoms with Crippen LogP contribution in [0.1, 0.15) is 75.2 Å². The van der Waals surface area contributed by atoms with E-state index in [9.17, 15) is 18.4 Å². The fraction of sp³-hybridized carbons (Fsp3) is 0.417. The number of nitrogens with one attached hydrogen (secondary N) is 1. The number of thiazole rings is 1. The van der Waals surface area contributed by atoms with Crippen LogP contribution in [-0.4, -0.2) is 38.7 Å². The first-order valence-electron chi connectivity index (χ1n) is 11.6. The van der Waals surface area contributed by atoms with E-state index in [-0.39, 0.29) is 23.7 Å². The summed E-state index contributed by atoms with van der Waals surface area (Å²) in [5.74, 6) is -1.53. The largest absolute Gasteiger partial charge is 0.473 e. The Labute approximate surface area is 204 Å². The van der Waals surface area contributed by atoms with Crippen molar-refractivity contribution < 1.29 is 23.1 Å². The van der Waals surface area contributed by atoms with Gasteiger partial charge >= 0.3 is 0 Å². The van der Waals surface area contributed by atoms with E-state index >= 15 is 0 Å². The van der Waals surface area contributed by atoms with Crippen LogP contribution in [0.25, 0.3) is 5.69 Å². The first-order valence-corrected chi connectivity index (χ1v) is 12.4. The number of carbonyl (C=O) groups is 2. The number of nitrogens with zero attached hydrogens (tertiary/aromatic N) is 3.